The highest BCUT2D eigenvalue weighted by atomic mass is 17.3. The van der Waals surface area contributed by atoms with Crippen molar-refractivity contribution >= 4 is 0 Å². The van der Waals surface area contributed by atoms with Gasteiger partial charge < -0.3 is 23.7 Å². The number of rotatable bonds is 6. The second-order valence-electron chi connectivity index (χ2n) is 16.2. The van der Waals surface area contributed by atoms with Crippen molar-refractivity contribution in [3.63, 3.8) is 0 Å². The van der Waals surface area contributed by atoms with E-state index in [1.165, 1.54) is 12.8 Å². The summed E-state index contributed by atoms with van der Waals surface area (Å²) in [5, 5.41) is 0. The van der Waals surface area contributed by atoms with Gasteiger partial charge in [-0.2, -0.15) is 0 Å². The van der Waals surface area contributed by atoms with E-state index in [-0.39, 0.29) is 42.0 Å². The molecule has 17 atom stereocenters. The number of hydrogen-bond acceptors (Lipinski definition) is 9. The predicted molar refractivity (Wildman–Crippen MR) is 158 cm³/mol. The highest BCUT2D eigenvalue weighted by Gasteiger charge is 2.71. The van der Waals surface area contributed by atoms with E-state index in [1.54, 1.807) is 0 Å². The molecule has 9 nitrogen and oxygen atoms in total. The molecule has 0 amide bonds. The van der Waals surface area contributed by atoms with Crippen LogP contribution in [0.25, 0.3) is 0 Å². The lowest BCUT2D eigenvalue weighted by atomic mass is 9.56. The first kappa shape index (κ1) is 30.7. The first-order chi connectivity index (χ1) is 21.0. The van der Waals surface area contributed by atoms with Gasteiger partial charge in [0.25, 0.3) is 0 Å². The quantitative estimate of drug-likeness (QED) is 0.246. The fraction of sp³-hybridized carbons (Fsp3) is 0.943. The molecule has 248 valence electrons. The third kappa shape index (κ3) is 4.29. The minimum absolute atomic E-state index is 0.0829. The van der Waals surface area contributed by atoms with Gasteiger partial charge >= 0.3 is 0 Å². The Labute approximate surface area is 262 Å². The summed E-state index contributed by atoms with van der Waals surface area (Å²) < 4.78 is 34.1. The van der Waals surface area contributed by atoms with Gasteiger partial charge in [-0.25, -0.2) is 19.6 Å². The van der Waals surface area contributed by atoms with Crippen LogP contribution in [-0.2, 0) is 43.2 Å². The van der Waals surface area contributed by atoms with E-state index < -0.39 is 35.4 Å². The molecular formula is C35H54O9. The Bertz CT molecular complexity index is 1120. The van der Waals surface area contributed by atoms with E-state index >= 15 is 0 Å². The van der Waals surface area contributed by atoms with Crippen LogP contribution in [0.4, 0.5) is 0 Å². The van der Waals surface area contributed by atoms with Crippen LogP contribution in [0, 0.1) is 47.3 Å². The second kappa shape index (κ2) is 10.7. The SMILES string of the molecule is C=CCO[C@@H](C[C@H]1O[C@@H]2O[C@]3(C)CC[C@H]4[C@H](C)CC[C@@H]([C@H]1C)C24OO3)C1O[C@@H]2O[C@]3(C)CC[C@H]4[C@H](C)CC[C@@H]([C@H]1C)C24OO3. The van der Waals surface area contributed by atoms with Gasteiger partial charge in [0.05, 0.1) is 24.9 Å². The Kier molecular flexibility index (Phi) is 7.46. The largest absolute Gasteiger partial charge is 0.371 e. The lowest BCUT2D eigenvalue weighted by molar-refractivity contribution is -0.574. The van der Waals surface area contributed by atoms with Crippen LogP contribution in [-0.4, -0.2) is 60.3 Å². The molecule has 10 rings (SSSR count). The zero-order valence-corrected chi connectivity index (χ0v) is 27.5. The Morgan fingerprint density at radius 1 is 0.705 bits per heavy atom. The molecule has 0 aromatic rings. The maximum absolute atomic E-state index is 7.06. The van der Waals surface area contributed by atoms with Crippen molar-refractivity contribution in [2.75, 3.05) is 6.61 Å². The molecule has 0 aromatic heterocycles. The van der Waals surface area contributed by atoms with Gasteiger partial charge in [0.2, 0.25) is 11.6 Å². The topological polar surface area (TPSA) is 83.1 Å². The summed E-state index contributed by atoms with van der Waals surface area (Å²) in [6, 6.07) is 0. The molecule has 3 unspecified atom stereocenters. The van der Waals surface area contributed by atoms with Crippen molar-refractivity contribution in [1.82, 2.24) is 0 Å². The smallest absolute Gasteiger partial charge is 0.201 e. The average molecular weight is 619 g/mol. The number of fused-ring (bicyclic) bond motifs is 4. The lowest BCUT2D eigenvalue weighted by Gasteiger charge is -2.62. The molecule has 9 heteroatoms. The van der Waals surface area contributed by atoms with E-state index in [4.69, 9.17) is 43.2 Å². The number of ether oxygens (including phenoxy) is 5. The minimum atomic E-state index is -0.807. The first-order valence-corrected chi connectivity index (χ1v) is 17.7. The summed E-state index contributed by atoms with van der Waals surface area (Å²) in [5.74, 6) is 1.06. The molecule has 2 spiro atoms. The van der Waals surface area contributed by atoms with E-state index in [1.807, 2.05) is 19.9 Å². The van der Waals surface area contributed by atoms with Crippen LogP contribution in [0.15, 0.2) is 12.7 Å². The van der Waals surface area contributed by atoms with Crippen molar-refractivity contribution < 1.29 is 43.2 Å². The van der Waals surface area contributed by atoms with Crippen molar-refractivity contribution in [1.29, 1.82) is 0 Å². The van der Waals surface area contributed by atoms with Crippen molar-refractivity contribution in [3.8, 4) is 0 Å². The van der Waals surface area contributed by atoms with E-state index in [0.717, 1.165) is 38.5 Å². The van der Waals surface area contributed by atoms with Gasteiger partial charge in [0.1, 0.15) is 0 Å². The van der Waals surface area contributed by atoms with Gasteiger partial charge in [0.15, 0.2) is 23.8 Å². The summed E-state index contributed by atoms with van der Waals surface area (Å²) >= 11 is 0. The molecule has 0 radical (unpaired) electrons. The van der Waals surface area contributed by atoms with Crippen LogP contribution in [0.1, 0.15) is 99.3 Å². The van der Waals surface area contributed by atoms with Crippen LogP contribution < -0.4 is 0 Å². The summed E-state index contributed by atoms with van der Waals surface area (Å²) in [6.07, 6.45) is 9.19. The average Bonchev–Trinajstić information content (AvgIpc) is 3.37. The monoisotopic (exact) mass is 618 g/mol. The maximum Gasteiger partial charge on any atom is 0.201 e. The third-order valence-electron chi connectivity index (χ3n) is 13.8. The third-order valence-corrected chi connectivity index (χ3v) is 13.8. The van der Waals surface area contributed by atoms with Gasteiger partial charge in [-0.3, -0.25) is 0 Å². The summed E-state index contributed by atoms with van der Waals surface area (Å²) in [7, 11) is 0. The van der Waals surface area contributed by atoms with Gasteiger partial charge in [-0.05, 0) is 87.9 Å². The zero-order valence-electron chi connectivity index (χ0n) is 27.5. The Balaban J connectivity index is 1.10. The van der Waals surface area contributed by atoms with Gasteiger partial charge in [-0.1, -0.05) is 33.8 Å². The molecule has 0 aromatic carbocycles. The van der Waals surface area contributed by atoms with E-state index in [0.29, 0.717) is 36.7 Å². The second-order valence-corrected chi connectivity index (χ2v) is 16.2. The Morgan fingerprint density at radius 2 is 1.25 bits per heavy atom. The van der Waals surface area contributed by atoms with Crippen LogP contribution >= 0.6 is 0 Å². The fourth-order valence-electron chi connectivity index (χ4n) is 11.3. The molecule has 10 fully saturated rings. The van der Waals surface area contributed by atoms with Crippen LogP contribution in [0.2, 0.25) is 0 Å². The lowest BCUT2D eigenvalue weighted by Crippen LogP contribution is -2.72. The Morgan fingerprint density at radius 3 is 1.82 bits per heavy atom. The highest BCUT2D eigenvalue weighted by Crippen LogP contribution is 2.63. The molecular weight excluding hydrogens is 564 g/mol. The normalized spacial score (nSPS) is 58.3. The van der Waals surface area contributed by atoms with E-state index in [2.05, 4.69) is 34.3 Å². The number of hydrogen-bond donors (Lipinski definition) is 0. The molecule has 8 aliphatic heterocycles. The van der Waals surface area contributed by atoms with Crippen molar-refractivity contribution in [2.45, 2.75) is 153 Å². The standard InChI is InChI=1S/C35H54O9/c1-8-17-36-28(29-22(5)26-12-10-20(3)24-14-16-33(7)40-31(38-29)35(24,26)44-42-33)18-27-21(4)25-11-9-19(2)23-13-15-32(6)39-30(37-27)34(23,25)43-41-32/h8,19-31H,1,9-18H2,2-7H3/t19-,20-,21-,22-,23+,24+,25+,26+,27-,28+,29?,30-,31-,32+,33+,34?,35?/m1/s1. The molecule has 0 N–H and O–H groups in total. The van der Waals surface area contributed by atoms with Crippen LogP contribution in [0.5, 0.6) is 0 Å². The minimum Gasteiger partial charge on any atom is -0.371 e. The molecule has 8 saturated heterocycles. The predicted octanol–water partition coefficient (Wildman–Crippen LogP) is 6.45. The maximum atomic E-state index is 7.06. The van der Waals surface area contributed by atoms with Gasteiger partial charge in [0, 0.05) is 31.1 Å². The zero-order chi connectivity index (χ0) is 30.6. The molecule has 2 saturated carbocycles. The molecule has 4 bridgehead atoms. The first-order valence-electron chi connectivity index (χ1n) is 17.7. The van der Waals surface area contributed by atoms with Crippen LogP contribution in [0.3, 0.4) is 0 Å². The van der Waals surface area contributed by atoms with Crippen molar-refractivity contribution in [2.24, 2.45) is 47.3 Å². The fourth-order valence-corrected chi connectivity index (χ4v) is 11.3. The summed E-state index contributed by atoms with van der Waals surface area (Å²) in [4.78, 5) is 24.9. The summed E-state index contributed by atoms with van der Waals surface area (Å²) in [5.41, 5.74) is -1.17. The van der Waals surface area contributed by atoms with Crippen molar-refractivity contribution in [3.05, 3.63) is 12.7 Å². The van der Waals surface area contributed by atoms with E-state index in [9.17, 15) is 0 Å². The Hall–Kier alpha value is -0.620. The van der Waals surface area contributed by atoms with Gasteiger partial charge in [-0.15, -0.1) is 6.58 Å². The molecule has 44 heavy (non-hydrogen) atoms. The molecule has 8 heterocycles. The highest BCUT2D eigenvalue weighted by molar-refractivity contribution is 5.13. The molecule has 10 aliphatic rings. The summed E-state index contributed by atoms with van der Waals surface area (Å²) in [6.45, 7) is 17.7. The molecule has 2 aliphatic carbocycles.